The second kappa shape index (κ2) is 9.91. The van der Waals surface area contributed by atoms with Crippen LogP contribution in [0.15, 0.2) is 22.8 Å². The topological polar surface area (TPSA) is 98.3 Å². The summed E-state index contributed by atoms with van der Waals surface area (Å²) >= 11 is 0. The SMILES string of the molecule is CC(=O)N1CCC[NH+](CC[C@H]2CN(C(=O)c3ccco3)CC[C@H]2CC(=O)[O-])CC1. The van der Waals surface area contributed by atoms with Crippen molar-refractivity contribution in [3.8, 4) is 0 Å². The highest BCUT2D eigenvalue weighted by atomic mass is 16.4. The van der Waals surface area contributed by atoms with Gasteiger partial charge in [0.05, 0.1) is 32.4 Å². The lowest BCUT2D eigenvalue weighted by molar-refractivity contribution is -0.898. The van der Waals surface area contributed by atoms with Crippen LogP contribution in [0.5, 0.6) is 0 Å². The Labute approximate surface area is 171 Å². The summed E-state index contributed by atoms with van der Waals surface area (Å²) in [7, 11) is 0. The normalized spacial score (nSPS) is 25.5. The molecule has 3 heterocycles. The Morgan fingerprint density at radius 2 is 2.00 bits per heavy atom. The molecule has 2 saturated heterocycles. The number of quaternary nitrogens is 1. The molecular formula is C21H31N3O5. The van der Waals surface area contributed by atoms with Gasteiger partial charge in [0, 0.05) is 45.4 Å². The Morgan fingerprint density at radius 3 is 2.69 bits per heavy atom. The van der Waals surface area contributed by atoms with Crippen molar-refractivity contribution in [2.45, 2.75) is 32.6 Å². The lowest BCUT2D eigenvalue weighted by atomic mass is 9.81. The third kappa shape index (κ3) is 5.82. The van der Waals surface area contributed by atoms with Crippen molar-refractivity contribution in [3.05, 3.63) is 24.2 Å². The Hall–Kier alpha value is -2.35. The second-order valence-electron chi connectivity index (χ2n) is 8.26. The molecule has 0 radical (unpaired) electrons. The number of carboxylic acid groups (broad SMARTS) is 1. The van der Waals surface area contributed by atoms with Crippen molar-refractivity contribution in [1.29, 1.82) is 0 Å². The number of hydrogen-bond donors (Lipinski definition) is 1. The van der Waals surface area contributed by atoms with E-state index in [0.717, 1.165) is 45.6 Å². The maximum absolute atomic E-state index is 12.6. The standard InChI is InChI=1S/C21H31N3O5/c1-16(25)23-8-3-7-22(11-12-23)9-5-18-15-24(10-6-17(18)14-20(26)27)21(28)19-4-2-13-29-19/h2,4,13,17-18H,3,5-12,14-15H2,1H3,(H,26,27)/t17-,18-/m0/s1. The van der Waals surface area contributed by atoms with Gasteiger partial charge in [-0.15, -0.1) is 0 Å². The zero-order chi connectivity index (χ0) is 20.8. The van der Waals surface area contributed by atoms with Gasteiger partial charge < -0.3 is 29.0 Å². The van der Waals surface area contributed by atoms with E-state index in [1.165, 1.54) is 11.2 Å². The van der Waals surface area contributed by atoms with E-state index in [4.69, 9.17) is 4.42 Å². The van der Waals surface area contributed by atoms with Gasteiger partial charge in [0.2, 0.25) is 5.91 Å². The van der Waals surface area contributed by atoms with Gasteiger partial charge in [-0.1, -0.05) is 0 Å². The first-order valence-electron chi connectivity index (χ1n) is 10.6. The minimum absolute atomic E-state index is 0.0285. The molecule has 0 bridgehead atoms. The molecule has 2 amide bonds. The number of rotatable bonds is 6. The highest BCUT2D eigenvalue weighted by Gasteiger charge is 2.33. The van der Waals surface area contributed by atoms with Crippen LogP contribution < -0.4 is 10.0 Å². The Balaban J connectivity index is 1.59. The molecule has 0 saturated carbocycles. The van der Waals surface area contributed by atoms with Crippen LogP contribution in [0, 0.1) is 11.8 Å². The number of nitrogens with zero attached hydrogens (tertiary/aromatic N) is 2. The largest absolute Gasteiger partial charge is 0.550 e. The van der Waals surface area contributed by atoms with Gasteiger partial charge >= 0.3 is 0 Å². The lowest BCUT2D eigenvalue weighted by Crippen LogP contribution is -3.12. The van der Waals surface area contributed by atoms with Crippen LogP contribution in [-0.4, -0.2) is 73.4 Å². The van der Waals surface area contributed by atoms with Crippen LogP contribution in [-0.2, 0) is 9.59 Å². The van der Waals surface area contributed by atoms with Gasteiger partial charge in [-0.2, -0.15) is 0 Å². The van der Waals surface area contributed by atoms with E-state index in [9.17, 15) is 19.5 Å². The molecule has 1 N–H and O–H groups in total. The quantitative estimate of drug-likeness (QED) is 0.656. The second-order valence-corrected chi connectivity index (χ2v) is 8.26. The number of carbonyl (C=O) groups is 3. The molecule has 1 unspecified atom stereocenters. The van der Waals surface area contributed by atoms with Gasteiger partial charge in [-0.25, -0.2) is 0 Å². The first kappa shape index (κ1) is 21.4. The lowest BCUT2D eigenvalue weighted by Gasteiger charge is -2.39. The average molecular weight is 405 g/mol. The monoisotopic (exact) mass is 405 g/mol. The molecule has 0 aromatic carbocycles. The molecule has 3 rings (SSSR count). The molecule has 2 aliphatic rings. The molecule has 2 fully saturated rings. The van der Waals surface area contributed by atoms with Gasteiger partial charge in [0.1, 0.15) is 0 Å². The smallest absolute Gasteiger partial charge is 0.289 e. The first-order chi connectivity index (χ1) is 13.9. The molecule has 160 valence electrons. The Morgan fingerprint density at radius 1 is 1.17 bits per heavy atom. The first-order valence-corrected chi connectivity index (χ1v) is 10.6. The Kier molecular flexibility index (Phi) is 7.30. The van der Waals surface area contributed by atoms with Crippen LogP contribution in [0.3, 0.4) is 0 Å². The van der Waals surface area contributed by atoms with E-state index in [2.05, 4.69) is 0 Å². The number of nitrogens with one attached hydrogen (secondary N) is 1. The number of carbonyl (C=O) groups excluding carboxylic acids is 3. The van der Waals surface area contributed by atoms with Gasteiger partial charge in [0.15, 0.2) is 5.76 Å². The zero-order valence-corrected chi connectivity index (χ0v) is 17.1. The van der Waals surface area contributed by atoms with Crippen molar-refractivity contribution in [1.82, 2.24) is 9.80 Å². The number of furan rings is 1. The van der Waals surface area contributed by atoms with E-state index in [1.807, 2.05) is 4.90 Å². The van der Waals surface area contributed by atoms with E-state index in [-0.39, 0.29) is 30.1 Å². The van der Waals surface area contributed by atoms with E-state index < -0.39 is 5.97 Å². The van der Waals surface area contributed by atoms with Crippen LogP contribution in [0.2, 0.25) is 0 Å². The highest BCUT2D eigenvalue weighted by Crippen LogP contribution is 2.29. The van der Waals surface area contributed by atoms with Crippen molar-refractivity contribution < 1.29 is 28.8 Å². The molecule has 1 aromatic rings. The number of aliphatic carboxylic acids is 1. The van der Waals surface area contributed by atoms with Crippen molar-refractivity contribution in [2.24, 2.45) is 11.8 Å². The molecule has 3 atom stereocenters. The molecule has 0 spiro atoms. The van der Waals surface area contributed by atoms with Gasteiger partial charge in [0.25, 0.3) is 5.91 Å². The maximum Gasteiger partial charge on any atom is 0.289 e. The van der Waals surface area contributed by atoms with Crippen LogP contribution in [0.4, 0.5) is 0 Å². The third-order valence-electron chi connectivity index (χ3n) is 6.35. The minimum Gasteiger partial charge on any atom is -0.550 e. The zero-order valence-electron chi connectivity index (χ0n) is 17.1. The molecule has 29 heavy (non-hydrogen) atoms. The summed E-state index contributed by atoms with van der Waals surface area (Å²) in [6.45, 7) is 7.11. The summed E-state index contributed by atoms with van der Waals surface area (Å²) in [6.07, 6.45) is 4.03. The van der Waals surface area contributed by atoms with Crippen molar-refractivity contribution in [2.75, 3.05) is 45.8 Å². The summed E-state index contributed by atoms with van der Waals surface area (Å²) in [6, 6.07) is 3.35. The summed E-state index contributed by atoms with van der Waals surface area (Å²) < 4.78 is 5.24. The third-order valence-corrected chi connectivity index (χ3v) is 6.35. The number of carboxylic acids is 1. The Bertz CT molecular complexity index is 705. The van der Waals surface area contributed by atoms with E-state index in [1.54, 1.807) is 24.0 Å². The van der Waals surface area contributed by atoms with Crippen molar-refractivity contribution in [3.63, 3.8) is 0 Å². The number of hydrogen-bond acceptors (Lipinski definition) is 5. The number of likely N-dealkylation sites (tertiary alicyclic amines) is 1. The summed E-state index contributed by atoms with van der Waals surface area (Å²) in [5.41, 5.74) is 0. The fourth-order valence-corrected chi connectivity index (χ4v) is 4.64. The predicted octanol–water partition coefficient (Wildman–Crippen LogP) is -0.975. The molecule has 8 heteroatoms. The highest BCUT2D eigenvalue weighted by molar-refractivity contribution is 5.91. The van der Waals surface area contributed by atoms with Gasteiger partial charge in [-0.3, -0.25) is 9.59 Å². The fourth-order valence-electron chi connectivity index (χ4n) is 4.64. The maximum atomic E-state index is 12.6. The van der Waals surface area contributed by atoms with Gasteiger partial charge in [-0.05, 0) is 36.8 Å². The van der Waals surface area contributed by atoms with E-state index in [0.29, 0.717) is 25.3 Å². The predicted molar refractivity (Wildman–Crippen MR) is 103 cm³/mol. The molecular weight excluding hydrogens is 374 g/mol. The minimum atomic E-state index is -1.02. The summed E-state index contributed by atoms with van der Waals surface area (Å²) in [4.78, 5) is 40.6. The average Bonchev–Trinajstić information content (AvgIpc) is 3.11. The van der Waals surface area contributed by atoms with Crippen LogP contribution in [0.1, 0.15) is 43.2 Å². The summed E-state index contributed by atoms with van der Waals surface area (Å²) in [5, 5.41) is 11.2. The van der Waals surface area contributed by atoms with Crippen molar-refractivity contribution >= 4 is 17.8 Å². The number of amides is 2. The fraction of sp³-hybridized carbons (Fsp3) is 0.667. The number of piperidine rings is 1. The van der Waals surface area contributed by atoms with E-state index >= 15 is 0 Å². The molecule has 0 aliphatic carbocycles. The van der Waals surface area contributed by atoms with Crippen LogP contribution in [0.25, 0.3) is 0 Å². The summed E-state index contributed by atoms with van der Waals surface area (Å²) in [5.74, 6) is -0.554. The van der Waals surface area contributed by atoms with Crippen LogP contribution >= 0.6 is 0 Å². The molecule has 8 nitrogen and oxygen atoms in total. The molecule has 2 aliphatic heterocycles. The molecule has 1 aromatic heterocycles.